The second-order valence-electron chi connectivity index (χ2n) is 5.24. The van der Waals surface area contributed by atoms with E-state index in [1.165, 1.54) is 12.3 Å². The van der Waals surface area contributed by atoms with Gasteiger partial charge in [0, 0.05) is 37.5 Å². The molecule has 0 aliphatic heterocycles. The van der Waals surface area contributed by atoms with Crippen molar-refractivity contribution in [3.05, 3.63) is 36.0 Å². The van der Waals surface area contributed by atoms with E-state index in [0.29, 0.717) is 25.0 Å². The van der Waals surface area contributed by atoms with Crippen molar-refractivity contribution in [3.63, 3.8) is 0 Å². The maximum absolute atomic E-state index is 13.8. The van der Waals surface area contributed by atoms with E-state index in [1.54, 1.807) is 23.9 Å². The molecule has 0 fully saturated rings. The van der Waals surface area contributed by atoms with Crippen LogP contribution < -0.4 is 0 Å². The Morgan fingerprint density at radius 2 is 1.90 bits per heavy atom. The SMILES string of the molecule is CN(CCn1ccc2ccc(F)c(F)c21)CCS(C)(=O)=O. The summed E-state index contributed by atoms with van der Waals surface area (Å²) in [6, 6.07) is 4.38. The number of fused-ring (bicyclic) bond motifs is 1. The van der Waals surface area contributed by atoms with E-state index in [-0.39, 0.29) is 11.3 Å². The predicted molar refractivity (Wildman–Crippen MR) is 79.1 cm³/mol. The Morgan fingerprint density at radius 3 is 2.57 bits per heavy atom. The minimum absolute atomic E-state index is 0.0823. The third-order valence-electron chi connectivity index (χ3n) is 3.39. The zero-order valence-electron chi connectivity index (χ0n) is 12.0. The van der Waals surface area contributed by atoms with Gasteiger partial charge in [-0.1, -0.05) is 0 Å². The molecule has 116 valence electrons. The Hall–Kier alpha value is -1.47. The van der Waals surface area contributed by atoms with Gasteiger partial charge in [-0.05, 0) is 25.2 Å². The van der Waals surface area contributed by atoms with Crippen LogP contribution in [-0.4, -0.2) is 50.0 Å². The first-order valence-electron chi connectivity index (χ1n) is 6.57. The molecule has 21 heavy (non-hydrogen) atoms. The third-order valence-corrected chi connectivity index (χ3v) is 4.31. The molecule has 0 amide bonds. The van der Waals surface area contributed by atoms with Crippen LogP contribution in [0.2, 0.25) is 0 Å². The van der Waals surface area contributed by atoms with Crippen molar-refractivity contribution in [2.75, 3.05) is 32.1 Å². The molecule has 0 saturated carbocycles. The molecule has 0 bridgehead atoms. The maximum Gasteiger partial charge on any atom is 0.183 e. The van der Waals surface area contributed by atoms with E-state index < -0.39 is 21.5 Å². The molecule has 0 aliphatic rings. The van der Waals surface area contributed by atoms with E-state index in [2.05, 4.69) is 0 Å². The highest BCUT2D eigenvalue weighted by molar-refractivity contribution is 7.90. The van der Waals surface area contributed by atoms with Crippen molar-refractivity contribution < 1.29 is 17.2 Å². The highest BCUT2D eigenvalue weighted by Crippen LogP contribution is 2.21. The molecule has 0 spiro atoms. The molecule has 0 saturated heterocycles. The summed E-state index contributed by atoms with van der Waals surface area (Å²) in [6.07, 6.45) is 2.90. The number of nitrogens with zero attached hydrogens (tertiary/aromatic N) is 2. The van der Waals surface area contributed by atoms with Crippen molar-refractivity contribution in [2.24, 2.45) is 0 Å². The van der Waals surface area contributed by atoms with Crippen LogP contribution in [-0.2, 0) is 16.4 Å². The van der Waals surface area contributed by atoms with E-state index in [0.717, 1.165) is 6.07 Å². The molecule has 1 aromatic carbocycles. The van der Waals surface area contributed by atoms with Gasteiger partial charge in [0.1, 0.15) is 9.84 Å². The van der Waals surface area contributed by atoms with Crippen LogP contribution in [0.5, 0.6) is 0 Å². The summed E-state index contributed by atoms with van der Waals surface area (Å²) in [7, 11) is -1.20. The normalized spacial score (nSPS) is 12.4. The van der Waals surface area contributed by atoms with Crippen LogP contribution in [0, 0.1) is 11.6 Å². The van der Waals surface area contributed by atoms with Crippen LogP contribution in [0.4, 0.5) is 8.78 Å². The largest absolute Gasteiger partial charge is 0.344 e. The predicted octanol–water partition coefficient (Wildman–Crippen LogP) is 1.90. The molecule has 2 aromatic rings. The van der Waals surface area contributed by atoms with Crippen molar-refractivity contribution in [1.29, 1.82) is 0 Å². The summed E-state index contributed by atoms with van der Waals surface area (Å²) in [6.45, 7) is 1.42. The summed E-state index contributed by atoms with van der Waals surface area (Å²) < 4.78 is 51.0. The molecule has 1 aromatic heterocycles. The fraction of sp³-hybridized carbons (Fsp3) is 0.429. The topological polar surface area (TPSA) is 42.3 Å². The Labute approximate surface area is 122 Å². The molecule has 0 aliphatic carbocycles. The zero-order chi connectivity index (χ0) is 15.6. The lowest BCUT2D eigenvalue weighted by atomic mass is 10.2. The molecule has 0 atom stereocenters. The summed E-state index contributed by atoms with van der Waals surface area (Å²) in [5, 5.41) is 0.646. The lowest BCUT2D eigenvalue weighted by molar-refractivity contribution is 0.337. The second-order valence-corrected chi connectivity index (χ2v) is 7.50. The third kappa shape index (κ3) is 4.01. The molecular weight excluding hydrogens is 298 g/mol. The molecule has 4 nitrogen and oxygen atoms in total. The van der Waals surface area contributed by atoms with Crippen LogP contribution in [0.3, 0.4) is 0 Å². The van der Waals surface area contributed by atoms with Crippen molar-refractivity contribution in [1.82, 2.24) is 9.47 Å². The molecule has 7 heteroatoms. The molecule has 0 N–H and O–H groups in total. The maximum atomic E-state index is 13.8. The number of likely N-dealkylation sites (N-methyl/N-ethyl adjacent to an activating group) is 1. The average molecular weight is 316 g/mol. The fourth-order valence-corrected chi connectivity index (χ4v) is 2.77. The summed E-state index contributed by atoms with van der Waals surface area (Å²) in [4.78, 5) is 1.85. The Balaban J connectivity index is 2.05. The Kier molecular flexibility index (Phi) is 4.63. The summed E-state index contributed by atoms with van der Waals surface area (Å²) >= 11 is 0. The molecule has 2 rings (SSSR count). The van der Waals surface area contributed by atoms with Crippen LogP contribution in [0.25, 0.3) is 10.9 Å². The van der Waals surface area contributed by atoms with Crippen LogP contribution in [0.15, 0.2) is 24.4 Å². The zero-order valence-corrected chi connectivity index (χ0v) is 12.8. The van der Waals surface area contributed by atoms with Gasteiger partial charge in [-0.2, -0.15) is 0 Å². The highest BCUT2D eigenvalue weighted by atomic mass is 32.2. The second kappa shape index (κ2) is 6.11. The number of hydrogen-bond acceptors (Lipinski definition) is 3. The van der Waals surface area contributed by atoms with Gasteiger partial charge in [0.15, 0.2) is 11.6 Å². The lowest BCUT2D eigenvalue weighted by Crippen LogP contribution is -2.28. The summed E-state index contributed by atoms with van der Waals surface area (Å²) in [5.41, 5.74) is 0.242. The number of halogens is 2. The van der Waals surface area contributed by atoms with E-state index in [4.69, 9.17) is 0 Å². The smallest absolute Gasteiger partial charge is 0.183 e. The molecule has 0 unspecified atom stereocenters. The van der Waals surface area contributed by atoms with Gasteiger partial charge < -0.3 is 9.47 Å². The quantitative estimate of drug-likeness (QED) is 0.817. The highest BCUT2D eigenvalue weighted by Gasteiger charge is 2.12. The number of hydrogen-bond donors (Lipinski definition) is 0. The number of rotatable bonds is 6. The standard InChI is InChI=1S/C14H18F2N2O2S/c1-17(9-10-21(2,19)20)7-8-18-6-5-11-3-4-12(15)13(16)14(11)18/h3-6H,7-10H2,1-2H3. The van der Waals surface area contributed by atoms with Crippen molar-refractivity contribution in [2.45, 2.75) is 6.54 Å². The van der Waals surface area contributed by atoms with Gasteiger partial charge >= 0.3 is 0 Å². The first-order chi connectivity index (χ1) is 9.78. The average Bonchev–Trinajstić information content (AvgIpc) is 2.81. The van der Waals surface area contributed by atoms with Crippen LogP contribution in [0.1, 0.15) is 0 Å². The molecule has 0 radical (unpaired) electrons. The summed E-state index contributed by atoms with van der Waals surface area (Å²) in [5.74, 6) is -1.64. The first kappa shape index (κ1) is 15.9. The van der Waals surface area contributed by atoms with E-state index in [9.17, 15) is 17.2 Å². The number of benzene rings is 1. The van der Waals surface area contributed by atoms with Crippen molar-refractivity contribution >= 4 is 20.7 Å². The van der Waals surface area contributed by atoms with E-state index >= 15 is 0 Å². The van der Waals surface area contributed by atoms with Gasteiger partial charge in [-0.25, -0.2) is 17.2 Å². The minimum Gasteiger partial charge on any atom is -0.344 e. The van der Waals surface area contributed by atoms with Gasteiger partial charge in [0.2, 0.25) is 0 Å². The first-order valence-corrected chi connectivity index (χ1v) is 8.63. The van der Waals surface area contributed by atoms with E-state index in [1.807, 2.05) is 4.90 Å². The fourth-order valence-electron chi connectivity index (χ4n) is 2.12. The Bertz CT molecular complexity index is 741. The molecule has 1 heterocycles. The van der Waals surface area contributed by atoms with Gasteiger partial charge in [-0.3, -0.25) is 0 Å². The van der Waals surface area contributed by atoms with Crippen LogP contribution >= 0.6 is 0 Å². The number of sulfone groups is 1. The van der Waals surface area contributed by atoms with Gasteiger partial charge in [0.25, 0.3) is 0 Å². The van der Waals surface area contributed by atoms with Gasteiger partial charge in [0.05, 0.1) is 11.3 Å². The minimum atomic E-state index is -3.00. The monoisotopic (exact) mass is 316 g/mol. The number of aromatic nitrogens is 1. The van der Waals surface area contributed by atoms with Crippen molar-refractivity contribution in [3.8, 4) is 0 Å². The molecular formula is C14H18F2N2O2S. The lowest BCUT2D eigenvalue weighted by Gasteiger charge is -2.17. The Morgan fingerprint density at radius 1 is 1.19 bits per heavy atom. The van der Waals surface area contributed by atoms with Gasteiger partial charge in [-0.15, -0.1) is 0 Å².